The number of hydrogen-bond acceptors (Lipinski definition) is 4. The lowest BCUT2D eigenvalue weighted by atomic mass is 10.3. The van der Waals surface area contributed by atoms with Crippen LogP contribution in [0.4, 0.5) is 0 Å². The monoisotopic (exact) mass is 229 g/mol. The van der Waals surface area contributed by atoms with Crippen molar-refractivity contribution in [1.82, 2.24) is 4.98 Å². The van der Waals surface area contributed by atoms with Gasteiger partial charge in [-0.2, -0.15) is 11.8 Å². The summed E-state index contributed by atoms with van der Waals surface area (Å²) in [7, 11) is 0. The standard InChI is InChI=1S/C9H11NO2S2/c1-6-7(3-4-9(11)12)14-8(10-6)5-13-2/h3-4H,5H2,1-2H3,(H,11,12)/b4-3+. The lowest BCUT2D eigenvalue weighted by Gasteiger charge is -1.85. The first-order chi connectivity index (χ1) is 6.63. The summed E-state index contributed by atoms with van der Waals surface area (Å²) in [6.45, 7) is 1.89. The molecule has 1 aromatic heterocycles. The summed E-state index contributed by atoms with van der Waals surface area (Å²) < 4.78 is 0. The molecule has 0 bridgehead atoms. The van der Waals surface area contributed by atoms with Gasteiger partial charge in [0.2, 0.25) is 0 Å². The molecule has 76 valence electrons. The highest BCUT2D eigenvalue weighted by molar-refractivity contribution is 7.97. The summed E-state index contributed by atoms with van der Waals surface area (Å²) >= 11 is 3.25. The Labute approximate surface area is 90.9 Å². The van der Waals surface area contributed by atoms with Gasteiger partial charge < -0.3 is 5.11 Å². The highest BCUT2D eigenvalue weighted by Crippen LogP contribution is 2.22. The Morgan fingerprint density at radius 2 is 2.43 bits per heavy atom. The molecule has 1 rings (SSSR count). The predicted octanol–water partition coefficient (Wildman–Crippen LogP) is 2.41. The number of rotatable bonds is 4. The first-order valence-electron chi connectivity index (χ1n) is 3.99. The summed E-state index contributed by atoms with van der Waals surface area (Å²) in [4.78, 5) is 15.6. The van der Waals surface area contributed by atoms with Gasteiger partial charge in [-0.05, 0) is 19.3 Å². The second-order valence-electron chi connectivity index (χ2n) is 2.66. The highest BCUT2D eigenvalue weighted by atomic mass is 32.2. The number of carbonyl (C=O) groups is 1. The molecule has 0 aliphatic rings. The zero-order chi connectivity index (χ0) is 10.6. The lowest BCUT2D eigenvalue weighted by molar-refractivity contribution is -0.131. The van der Waals surface area contributed by atoms with Crippen LogP contribution in [-0.2, 0) is 10.5 Å². The van der Waals surface area contributed by atoms with Gasteiger partial charge >= 0.3 is 5.97 Å². The first kappa shape index (κ1) is 11.3. The minimum Gasteiger partial charge on any atom is -0.478 e. The number of carboxylic acids is 1. The highest BCUT2D eigenvalue weighted by Gasteiger charge is 2.04. The van der Waals surface area contributed by atoms with E-state index in [9.17, 15) is 4.79 Å². The molecule has 1 aromatic rings. The first-order valence-corrected chi connectivity index (χ1v) is 6.20. The normalized spacial score (nSPS) is 11.0. The topological polar surface area (TPSA) is 50.2 Å². The van der Waals surface area contributed by atoms with E-state index in [2.05, 4.69) is 4.98 Å². The van der Waals surface area contributed by atoms with Gasteiger partial charge in [0.05, 0.1) is 10.6 Å². The Kier molecular flexibility index (Phi) is 4.16. The van der Waals surface area contributed by atoms with E-state index in [-0.39, 0.29) is 0 Å². The van der Waals surface area contributed by atoms with Crippen LogP contribution in [0.15, 0.2) is 6.08 Å². The molecule has 0 saturated heterocycles. The summed E-state index contributed by atoms with van der Waals surface area (Å²) in [5.74, 6) is -0.0453. The molecule has 5 heteroatoms. The summed E-state index contributed by atoms with van der Waals surface area (Å²) in [6, 6.07) is 0. The van der Waals surface area contributed by atoms with Crippen LogP contribution in [-0.4, -0.2) is 22.3 Å². The minimum absolute atomic E-state index is 0.881. The Bertz CT molecular complexity index is 358. The van der Waals surface area contributed by atoms with Crippen molar-refractivity contribution in [3.05, 3.63) is 21.7 Å². The van der Waals surface area contributed by atoms with Crippen molar-refractivity contribution in [2.75, 3.05) is 6.26 Å². The Morgan fingerprint density at radius 3 is 3.00 bits per heavy atom. The number of thioether (sulfide) groups is 1. The molecule has 1 N–H and O–H groups in total. The number of aryl methyl sites for hydroxylation is 1. The van der Waals surface area contributed by atoms with Gasteiger partial charge in [-0.3, -0.25) is 0 Å². The molecule has 0 saturated carbocycles. The zero-order valence-corrected chi connectivity index (χ0v) is 9.61. The molecule has 0 aromatic carbocycles. The van der Waals surface area contributed by atoms with E-state index in [0.29, 0.717) is 0 Å². The van der Waals surface area contributed by atoms with Crippen LogP contribution in [0.1, 0.15) is 15.6 Å². The Morgan fingerprint density at radius 1 is 1.71 bits per heavy atom. The molecule has 0 amide bonds. The Balaban J connectivity index is 2.82. The maximum Gasteiger partial charge on any atom is 0.328 e. The van der Waals surface area contributed by atoms with E-state index in [0.717, 1.165) is 27.4 Å². The summed E-state index contributed by atoms with van der Waals surface area (Å²) in [5, 5.41) is 9.51. The van der Waals surface area contributed by atoms with E-state index in [1.165, 1.54) is 0 Å². The largest absolute Gasteiger partial charge is 0.478 e. The van der Waals surface area contributed by atoms with Crippen LogP contribution >= 0.6 is 23.1 Å². The van der Waals surface area contributed by atoms with Gasteiger partial charge in [0.15, 0.2) is 0 Å². The molecular weight excluding hydrogens is 218 g/mol. The molecular formula is C9H11NO2S2. The number of hydrogen-bond donors (Lipinski definition) is 1. The van der Waals surface area contributed by atoms with Crippen molar-refractivity contribution in [3.8, 4) is 0 Å². The van der Waals surface area contributed by atoms with Crippen LogP contribution in [0, 0.1) is 6.92 Å². The van der Waals surface area contributed by atoms with Crippen LogP contribution < -0.4 is 0 Å². The van der Waals surface area contributed by atoms with Crippen molar-refractivity contribution in [2.45, 2.75) is 12.7 Å². The molecule has 0 atom stereocenters. The van der Waals surface area contributed by atoms with Crippen molar-refractivity contribution in [3.63, 3.8) is 0 Å². The van der Waals surface area contributed by atoms with Gasteiger partial charge in [0.25, 0.3) is 0 Å². The van der Waals surface area contributed by atoms with E-state index < -0.39 is 5.97 Å². The number of aromatic nitrogens is 1. The smallest absolute Gasteiger partial charge is 0.328 e. The molecule has 14 heavy (non-hydrogen) atoms. The average molecular weight is 229 g/mol. The van der Waals surface area contributed by atoms with Crippen LogP contribution in [0.5, 0.6) is 0 Å². The summed E-state index contributed by atoms with van der Waals surface area (Å²) in [5.41, 5.74) is 0.900. The third-order valence-corrected chi connectivity index (χ3v) is 3.39. The third-order valence-electron chi connectivity index (χ3n) is 1.52. The fourth-order valence-corrected chi connectivity index (χ4v) is 2.62. The average Bonchev–Trinajstić information content (AvgIpc) is 2.44. The van der Waals surface area contributed by atoms with Crippen molar-refractivity contribution in [1.29, 1.82) is 0 Å². The third kappa shape index (κ3) is 3.16. The Hall–Kier alpha value is -0.810. The van der Waals surface area contributed by atoms with Crippen LogP contribution in [0.3, 0.4) is 0 Å². The molecule has 1 heterocycles. The maximum absolute atomic E-state index is 10.3. The second kappa shape index (κ2) is 5.17. The number of nitrogens with zero attached hydrogens (tertiary/aromatic N) is 1. The van der Waals surface area contributed by atoms with Crippen LogP contribution in [0.2, 0.25) is 0 Å². The maximum atomic E-state index is 10.3. The fourth-order valence-electron chi connectivity index (χ4n) is 0.953. The number of carboxylic acid groups (broad SMARTS) is 1. The van der Waals surface area contributed by atoms with Gasteiger partial charge in [-0.25, -0.2) is 9.78 Å². The summed E-state index contributed by atoms with van der Waals surface area (Å²) in [6.07, 6.45) is 4.76. The van der Waals surface area contributed by atoms with Crippen molar-refractivity contribution < 1.29 is 9.90 Å². The van der Waals surface area contributed by atoms with E-state index >= 15 is 0 Å². The fraction of sp³-hybridized carbons (Fsp3) is 0.333. The molecule has 0 aliphatic carbocycles. The zero-order valence-electron chi connectivity index (χ0n) is 7.98. The molecule has 0 radical (unpaired) electrons. The van der Waals surface area contributed by atoms with E-state index in [1.807, 2.05) is 13.2 Å². The lowest BCUT2D eigenvalue weighted by Crippen LogP contribution is -1.85. The molecule has 3 nitrogen and oxygen atoms in total. The van der Waals surface area contributed by atoms with E-state index in [4.69, 9.17) is 5.11 Å². The van der Waals surface area contributed by atoms with Gasteiger partial charge in [0.1, 0.15) is 5.01 Å². The second-order valence-corrected chi connectivity index (χ2v) is 4.64. The number of aliphatic carboxylic acids is 1. The molecule has 0 fully saturated rings. The van der Waals surface area contributed by atoms with Gasteiger partial charge in [-0.15, -0.1) is 11.3 Å². The van der Waals surface area contributed by atoms with Gasteiger partial charge in [-0.1, -0.05) is 0 Å². The molecule has 0 unspecified atom stereocenters. The van der Waals surface area contributed by atoms with E-state index in [1.54, 1.807) is 29.2 Å². The van der Waals surface area contributed by atoms with Gasteiger partial charge in [0, 0.05) is 11.8 Å². The minimum atomic E-state index is -0.927. The van der Waals surface area contributed by atoms with Crippen LogP contribution in [0.25, 0.3) is 6.08 Å². The van der Waals surface area contributed by atoms with Crippen molar-refractivity contribution in [2.24, 2.45) is 0 Å². The predicted molar refractivity (Wildman–Crippen MR) is 60.7 cm³/mol. The van der Waals surface area contributed by atoms with Crippen molar-refractivity contribution >= 4 is 35.1 Å². The number of thiazole rings is 1. The quantitative estimate of drug-likeness (QED) is 0.805. The molecule has 0 spiro atoms. The molecule has 0 aliphatic heterocycles. The SMILES string of the molecule is CSCc1nc(C)c(/C=C/C(=O)O)s1.